The van der Waals surface area contributed by atoms with Crippen LogP contribution in [0.2, 0.25) is 0 Å². The van der Waals surface area contributed by atoms with Gasteiger partial charge in [0.15, 0.2) is 6.19 Å². The summed E-state index contributed by atoms with van der Waals surface area (Å²) in [6.45, 7) is 2.87. The van der Waals surface area contributed by atoms with Crippen LogP contribution in [0.3, 0.4) is 0 Å². The van der Waals surface area contributed by atoms with E-state index >= 15 is 0 Å². The lowest BCUT2D eigenvalue weighted by atomic mass is 11.4. The molecule has 0 saturated carbocycles. The molecule has 2 N–H and O–H groups in total. The molecular weight excluding hydrogens is 92.1 g/mol. The molecule has 0 amide bonds. The summed E-state index contributed by atoms with van der Waals surface area (Å²) < 4.78 is 0. The second-order valence-corrected chi connectivity index (χ2v) is 0.387. The SMILES string of the molecule is C=NC#N.N#CN. The lowest BCUT2D eigenvalue weighted by Gasteiger charge is -1.35. The van der Waals surface area contributed by atoms with E-state index in [-0.39, 0.29) is 0 Å². The van der Waals surface area contributed by atoms with E-state index in [1.807, 2.05) is 0 Å². The number of hydrogen-bond donors (Lipinski definition) is 1. The highest BCUT2D eigenvalue weighted by Gasteiger charge is 1.32. The molecule has 0 unspecified atom stereocenters. The first kappa shape index (κ1) is 9.07. The summed E-state index contributed by atoms with van der Waals surface area (Å²) in [6, 6.07) is 0. The van der Waals surface area contributed by atoms with Crippen LogP contribution >= 0.6 is 0 Å². The molecule has 4 nitrogen and oxygen atoms in total. The lowest BCUT2D eigenvalue weighted by molar-refractivity contribution is 1.45. The maximum atomic E-state index is 7.40. The highest BCUT2D eigenvalue weighted by Crippen LogP contribution is 1.37. The van der Waals surface area contributed by atoms with Crippen LogP contribution in [0.4, 0.5) is 0 Å². The normalized spacial score (nSPS) is 3.14. The monoisotopic (exact) mass is 96.0 g/mol. The maximum Gasteiger partial charge on any atom is 0.205 e. The summed E-state index contributed by atoms with van der Waals surface area (Å²) >= 11 is 0. The molecule has 7 heavy (non-hydrogen) atoms. The second kappa shape index (κ2) is 25.2. The molecule has 0 aliphatic heterocycles. The van der Waals surface area contributed by atoms with Crippen molar-refractivity contribution in [3.8, 4) is 12.4 Å². The van der Waals surface area contributed by atoms with E-state index < -0.39 is 0 Å². The molecule has 36 valence electrons. The van der Waals surface area contributed by atoms with E-state index in [0.29, 0.717) is 0 Å². The molecule has 0 aromatic carbocycles. The van der Waals surface area contributed by atoms with Gasteiger partial charge in [-0.2, -0.15) is 15.5 Å². The zero-order valence-corrected chi connectivity index (χ0v) is 3.63. The van der Waals surface area contributed by atoms with Crippen molar-refractivity contribution in [1.29, 1.82) is 10.5 Å². The number of nitrogens with zero attached hydrogens (tertiary/aromatic N) is 3. The Morgan fingerprint density at radius 2 is 1.71 bits per heavy atom. The Hall–Kier alpha value is -1.55. The van der Waals surface area contributed by atoms with Crippen molar-refractivity contribution in [3.05, 3.63) is 0 Å². The van der Waals surface area contributed by atoms with E-state index in [1.54, 1.807) is 0 Å². The molecular formula is C3H4N4. The minimum absolute atomic E-state index is 1.25. The molecule has 0 heterocycles. The fourth-order valence-corrected chi connectivity index (χ4v) is 0. The van der Waals surface area contributed by atoms with Crippen molar-refractivity contribution in [1.82, 2.24) is 0 Å². The Morgan fingerprint density at radius 1 is 1.57 bits per heavy atom. The first-order valence-corrected chi connectivity index (χ1v) is 1.28. The highest BCUT2D eigenvalue weighted by atomic mass is 14.7. The summed E-state index contributed by atoms with van der Waals surface area (Å²) in [5, 5.41) is 14.5. The van der Waals surface area contributed by atoms with Gasteiger partial charge < -0.3 is 5.73 Å². The molecule has 0 fully saturated rings. The summed E-state index contributed by atoms with van der Waals surface area (Å²) in [4.78, 5) is 2.79. The molecule has 4 heteroatoms. The summed E-state index contributed by atoms with van der Waals surface area (Å²) in [7, 11) is 0. The third kappa shape index (κ3) is 88.3. The highest BCUT2D eigenvalue weighted by molar-refractivity contribution is 5.25. The van der Waals surface area contributed by atoms with Crippen LogP contribution in [0, 0.1) is 22.9 Å². The van der Waals surface area contributed by atoms with Crippen molar-refractivity contribution in [3.63, 3.8) is 0 Å². The van der Waals surface area contributed by atoms with Gasteiger partial charge in [-0.1, -0.05) is 0 Å². The van der Waals surface area contributed by atoms with Crippen LogP contribution in [0.25, 0.3) is 0 Å². The van der Waals surface area contributed by atoms with Gasteiger partial charge in [-0.15, -0.1) is 0 Å². The van der Waals surface area contributed by atoms with Gasteiger partial charge in [0.1, 0.15) is 0 Å². The first-order valence-electron chi connectivity index (χ1n) is 1.28. The molecule has 0 aromatic heterocycles. The van der Waals surface area contributed by atoms with Gasteiger partial charge in [0, 0.05) is 6.72 Å². The molecule has 0 bridgehead atoms. The van der Waals surface area contributed by atoms with E-state index in [4.69, 9.17) is 10.5 Å². The predicted molar refractivity (Wildman–Crippen MR) is 25.0 cm³/mol. The second-order valence-electron chi connectivity index (χ2n) is 0.387. The van der Waals surface area contributed by atoms with Crippen LogP contribution in [0.15, 0.2) is 4.99 Å². The Morgan fingerprint density at radius 3 is 1.71 bits per heavy atom. The Kier molecular flexibility index (Phi) is 32.6. The molecule has 0 atom stereocenters. The number of hydrogen-bond acceptors (Lipinski definition) is 4. The van der Waals surface area contributed by atoms with Gasteiger partial charge in [0.2, 0.25) is 6.19 Å². The average molecular weight is 96.1 g/mol. The van der Waals surface area contributed by atoms with E-state index in [9.17, 15) is 0 Å². The Balaban J connectivity index is 0. The zero-order valence-electron chi connectivity index (χ0n) is 3.63. The van der Waals surface area contributed by atoms with E-state index in [0.717, 1.165) is 0 Å². The number of rotatable bonds is 0. The van der Waals surface area contributed by atoms with Crippen molar-refractivity contribution < 1.29 is 0 Å². The van der Waals surface area contributed by atoms with Crippen molar-refractivity contribution in [2.24, 2.45) is 10.7 Å². The Labute approximate surface area is 41.5 Å². The van der Waals surface area contributed by atoms with Gasteiger partial charge in [0.25, 0.3) is 0 Å². The summed E-state index contributed by atoms with van der Waals surface area (Å²) in [6.07, 6.45) is 2.69. The minimum atomic E-state index is 1.25. The fraction of sp³-hybridized carbons (Fsp3) is 0. The zero-order chi connectivity index (χ0) is 6.12. The van der Waals surface area contributed by atoms with Crippen LogP contribution < -0.4 is 5.73 Å². The molecule has 0 radical (unpaired) electrons. The van der Waals surface area contributed by atoms with Gasteiger partial charge in [0.05, 0.1) is 0 Å². The van der Waals surface area contributed by atoms with E-state index in [1.165, 1.54) is 12.4 Å². The van der Waals surface area contributed by atoms with Gasteiger partial charge in [-0.25, -0.2) is 0 Å². The van der Waals surface area contributed by atoms with Crippen LogP contribution in [-0.4, -0.2) is 6.72 Å². The largest absolute Gasteiger partial charge is 0.337 e. The van der Waals surface area contributed by atoms with Crippen molar-refractivity contribution in [2.45, 2.75) is 0 Å². The molecule has 0 aromatic rings. The summed E-state index contributed by atoms with van der Waals surface area (Å²) in [5.41, 5.74) is 4.15. The van der Waals surface area contributed by atoms with Crippen molar-refractivity contribution in [2.75, 3.05) is 0 Å². The lowest BCUT2D eigenvalue weighted by Crippen LogP contribution is -1.69. The molecule has 0 spiro atoms. The van der Waals surface area contributed by atoms with E-state index in [2.05, 4.69) is 17.4 Å². The maximum absolute atomic E-state index is 7.40. The molecule has 0 saturated heterocycles. The standard InChI is InChI=1S/C2H2N2.CH2N2/c1-4-2-3;2-1-3/h1H2;2H2. The third-order valence-electron chi connectivity index (χ3n) is 0.0707. The van der Waals surface area contributed by atoms with Crippen molar-refractivity contribution >= 4 is 6.72 Å². The topological polar surface area (TPSA) is 86.0 Å². The van der Waals surface area contributed by atoms with Crippen LogP contribution in [-0.2, 0) is 0 Å². The third-order valence-corrected chi connectivity index (χ3v) is 0.0707. The Bertz CT molecular complexity index is 103. The van der Waals surface area contributed by atoms with Gasteiger partial charge >= 0.3 is 0 Å². The van der Waals surface area contributed by atoms with Crippen LogP contribution in [0.5, 0.6) is 0 Å². The summed E-state index contributed by atoms with van der Waals surface area (Å²) in [5.74, 6) is 0. The predicted octanol–water partition coefficient (Wildman–Crippen LogP) is -0.406. The smallest absolute Gasteiger partial charge is 0.205 e. The fourth-order valence-electron chi connectivity index (χ4n) is 0. The number of nitriles is 2. The molecule has 0 aliphatic carbocycles. The number of aliphatic imine (C=N–C) groups is 1. The molecule has 0 rings (SSSR count). The average Bonchev–Trinajstić information content (AvgIpc) is 1.69. The first-order chi connectivity index (χ1) is 3.33. The van der Waals surface area contributed by atoms with Crippen LogP contribution in [0.1, 0.15) is 0 Å². The minimum Gasteiger partial charge on any atom is -0.337 e. The van der Waals surface area contributed by atoms with Gasteiger partial charge in [-0.05, 0) is 0 Å². The molecule has 0 aliphatic rings. The quantitative estimate of drug-likeness (QED) is 0.253. The number of nitrogens with two attached hydrogens (primary N) is 1. The van der Waals surface area contributed by atoms with Gasteiger partial charge in [-0.3, -0.25) is 0 Å².